The van der Waals surface area contributed by atoms with Gasteiger partial charge in [-0.2, -0.15) is 0 Å². The molecule has 1 aliphatic heterocycles. The van der Waals surface area contributed by atoms with Gasteiger partial charge < -0.3 is 25.5 Å². The lowest BCUT2D eigenvalue weighted by atomic mass is 9.88. The van der Waals surface area contributed by atoms with E-state index in [4.69, 9.17) is 0 Å². The number of anilines is 1. The number of nitrogens with zero attached hydrogens (tertiary/aromatic N) is 2. The first-order valence-corrected chi connectivity index (χ1v) is 16.7. The maximum atomic E-state index is 13.8. The zero-order valence-electron chi connectivity index (χ0n) is 26.0. The molecule has 1 atom stereocenters. The molecule has 0 saturated heterocycles. The monoisotopic (exact) mass is 594 g/mol. The molecule has 2 aliphatic rings. The summed E-state index contributed by atoms with van der Waals surface area (Å²) in [6, 6.07) is 11.8. The number of allylic oxidation sites excluding steroid dienone is 3. The third-order valence-electron chi connectivity index (χ3n) is 8.80. The van der Waals surface area contributed by atoms with Crippen molar-refractivity contribution < 1.29 is 18.3 Å². The summed E-state index contributed by atoms with van der Waals surface area (Å²) in [5, 5.41) is 16.6. The molecule has 1 unspecified atom stereocenters. The van der Waals surface area contributed by atoms with Crippen molar-refractivity contribution in [3.05, 3.63) is 70.4 Å². The van der Waals surface area contributed by atoms with E-state index in [0.29, 0.717) is 17.6 Å². The molecule has 228 valence electrons. The Morgan fingerprint density at radius 2 is 1.62 bits per heavy atom. The average molecular weight is 595 g/mol. The molecule has 1 heterocycles. The highest BCUT2D eigenvalue weighted by molar-refractivity contribution is 7.90. The van der Waals surface area contributed by atoms with Crippen LogP contribution in [0.15, 0.2) is 64.2 Å². The van der Waals surface area contributed by atoms with Crippen molar-refractivity contribution in [3.63, 3.8) is 0 Å². The zero-order valence-corrected chi connectivity index (χ0v) is 26.8. The van der Waals surface area contributed by atoms with Crippen LogP contribution in [0.3, 0.4) is 0 Å². The number of sulfone groups is 1. The molecular weight excluding hydrogens is 548 g/mol. The van der Waals surface area contributed by atoms with Gasteiger partial charge in [0.2, 0.25) is 0 Å². The van der Waals surface area contributed by atoms with E-state index in [0.717, 1.165) is 71.4 Å². The van der Waals surface area contributed by atoms with E-state index >= 15 is 0 Å². The van der Waals surface area contributed by atoms with E-state index in [9.17, 15) is 18.3 Å². The molecule has 4 rings (SSSR count). The molecule has 0 radical (unpaired) electrons. The summed E-state index contributed by atoms with van der Waals surface area (Å²) in [4.78, 5) is 18.8. The highest BCUT2D eigenvalue weighted by Gasteiger charge is 2.29. The first-order chi connectivity index (χ1) is 19.8. The van der Waals surface area contributed by atoms with E-state index in [1.807, 2.05) is 32.9 Å². The van der Waals surface area contributed by atoms with E-state index < -0.39 is 16.1 Å². The number of aliphatic hydroxyl groups is 1. The van der Waals surface area contributed by atoms with E-state index in [2.05, 4.69) is 47.5 Å². The van der Waals surface area contributed by atoms with Gasteiger partial charge in [0.1, 0.15) is 6.23 Å². The van der Waals surface area contributed by atoms with E-state index in [-0.39, 0.29) is 17.3 Å². The maximum absolute atomic E-state index is 13.8. The number of nitrogens with one attached hydrogen (secondary N) is 2. The van der Waals surface area contributed by atoms with Gasteiger partial charge in [-0.15, -0.1) is 0 Å². The van der Waals surface area contributed by atoms with Crippen molar-refractivity contribution in [2.45, 2.75) is 76.6 Å². The summed E-state index contributed by atoms with van der Waals surface area (Å²) in [5.41, 5.74) is 6.74. The van der Waals surface area contributed by atoms with Crippen molar-refractivity contribution in [2.24, 2.45) is 0 Å². The Morgan fingerprint density at radius 1 is 1.00 bits per heavy atom. The lowest BCUT2D eigenvalue weighted by Gasteiger charge is -2.40. The van der Waals surface area contributed by atoms with Crippen LogP contribution in [0.5, 0.6) is 0 Å². The Balaban J connectivity index is 1.72. The van der Waals surface area contributed by atoms with E-state index in [1.165, 1.54) is 6.26 Å². The average Bonchev–Trinajstić information content (AvgIpc) is 2.93. The quantitative estimate of drug-likeness (QED) is 0.389. The Hall–Kier alpha value is -3.14. The van der Waals surface area contributed by atoms with Gasteiger partial charge in [0.05, 0.1) is 4.90 Å². The number of hydrogen-bond donors (Lipinski definition) is 3. The molecule has 0 spiro atoms. The Bertz CT molecular complexity index is 1470. The smallest absolute Gasteiger partial charge is 0.251 e. The molecule has 42 heavy (non-hydrogen) atoms. The number of carbonyl (C=O) groups excluding carboxylic acids is 1. The van der Waals surface area contributed by atoms with Crippen LogP contribution in [-0.4, -0.2) is 76.1 Å². The lowest BCUT2D eigenvalue weighted by Crippen LogP contribution is -2.42. The molecule has 0 aromatic heterocycles. The first kappa shape index (κ1) is 31.8. The molecule has 9 heteroatoms. The summed E-state index contributed by atoms with van der Waals surface area (Å²) in [7, 11) is 0.971. The predicted molar refractivity (Wildman–Crippen MR) is 170 cm³/mol. The molecule has 2 aromatic carbocycles. The highest BCUT2D eigenvalue weighted by Crippen LogP contribution is 2.36. The number of rotatable bonds is 9. The zero-order chi connectivity index (χ0) is 30.8. The molecular formula is C33H46N4O4S. The van der Waals surface area contributed by atoms with Crippen molar-refractivity contribution in [1.29, 1.82) is 0 Å². The van der Waals surface area contributed by atoms with Crippen molar-refractivity contribution in [2.75, 3.05) is 38.3 Å². The minimum absolute atomic E-state index is 0.213. The van der Waals surface area contributed by atoms with Crippen LogP contribution in [-0.2, 0) is 9.84 Å². The van der Waals surface area contributed by atoms with Crippen LogP contribution in [0.1, 0.15) is 62.4 Å². The van der Waals surface area contributed by atoms with Gasteiger partial charge in [-0.3, -0.25) is 4.79 Å². The van der Waals surface area contributed by atoms with Crippen LogP contribution in [0.2, 0.25) is 0 Å². The Morgan fingerprint density at radius 3 is 2.17 bits per heavy atom. The summed E-state index contributed by atoms with van der Waals surface area (Å²) < 4.78 is 24.1. The SMILES string of the molecule is CCN(c1cc(-c2ccc(S(C)(=O)=O)cc2)cc(C(=O)NCC2=C(C)C=C(C)NC2O)c1C)C1CCC(N(C)C)CC1. The number of aliphatic hydroxyl groups excluding tert-OH is 1. The molecule has 1 aliphatic carbocycles. The van der Waals surface area contributed by atoms with Gasteiger partial charge in [0.15, 0.2) is 9.84 Å². The van der Waals surface area contributed by atoms with Gasteiger partial charge in [-0.05, 0) is 120 Å². The third kappa shape index (κ3) is 7.07. The summed E-state index contributed by atoms with van der Waals surface area (Å²) in [5.74, 6) is -0.213. The highest BCUT2D eigenvalue weighted by atomic mass is 32.2. The van der Waals surface area contributed by atoms with Gasteiger partial charge in [-0.25, -0.2) is 8.42 Å². The molecule has 2 aromatic rings. The molecule has 8 nitrogen and oxygen atoms in total. The first-order valence-electron chi connectivity index (χ1n) is 14.8. The second-order valence-corrected chi connectivity index (χ2v) is 14.0. The van der Waals surface area contributed by atoms with Gasteiger partial charge in [0, 0.05) is 53.9 Å². The van der Waals surface area contributed by atoms with Crippen LogP contribution >= 0.6 is 0 Å². The Labute approximate surface area is 251 Å². The fourth-order valence-corrected chi connectivity index (χ4v) is 6.92. The second-order valence-electron chi connectivity index (χ2n) is 11.9. The van der Waals surface area contributed by atoms with Crippen molar-refractivity contribution >= 4 is 21.4 Å². The molecule has 3 N–H and O–H groups in total. The number of hydrogen-bond acceptors (Lipinski definition) is 7. The fourth-order valence-electron chi connectivity index (χ4n) is 6.29. The van der Waals surface area contributed by atoms with Crippen LogP contribution in [0.25, 0.3) is 11.1 Å². The topological polar surface area (TPSA) is 102 Å². The van der Waals surface area contributed by atoms with E-state index in [1.54, 1.807) is 24.3 Å². The number of carbonyl (C=O) groups is 1. The van der Waals surface area contributed by atoms with Crippen LogP contribution < -0.4 is 15.5 Å². The maximum Gasteiger partial charge on any atom is 0.251 e. The standard InChI is InChI=1S/C33H46N4O4S/c1-8-37(27-13-11-26(12-14-27)36(5)6)31-19-25(24-9-15-28(16-10-24)42(7,40)41)18-29(23(31)4)32(38)34-20-30-21(2)17-22(3)35-33(30)39/h9-10,15-19,26-27,33,35,39H,8,11-14,20H2,1-7H3,(H,34,38). The largest absolute Gasteiger partial charge is 0.370 e. The van der Waals surface area contributed by atoms with Gasteiger partial charge >= 0.3 is 0 Å². The molecule has 1 fully saturated rings. The summed E-state index contributed by atoms with van der Waals surface area (Å²) >= 11 is 0. The van der Waals surface area contributed by atoms with Crippen LogP contribution in [0.4, 0.5) is 5.69 Å². The predicted octanol–water partition coefficient (Wildman–Crippen LogP) is 4.64. The number of benzene rings is 2. The fraction of sp³-hybridized carbons (Fsp3) is 0.485. The Kier molecular flexibility index (Phi) is 9.85. The second kappa shape index (κ2) is 13.0. The molecule has 1 amide bonds. The number of amides is 1. The molecule has 1 saturated carbocycles. The summed E-state index contributed by atoms with van der Waals surface area (Å²) in [6.45, 7) is 9.02. The minimum Gasteiger partial charge on any atom is -0.370 e. The van der Waals surface area contributed by atoms with Crippen molar-refractivity contribution in [1.82, 2.24) is 15.5 Å². The van der Waals surface area contributed by atoms with Gasteiger partial charge in [0.25, 0.3) is 5.91 Å². The summed E-state index contributed by atoms with van der Waals surface area (Å²) in [6.07, 6.45) is 6.73. The minimum atomic E-state index is -3.32. The lowest BCUT2D eigenvalue weighted by molar-refractivity contribution is 0.0952. The normalized spacial score (nSPS) is 21.2. The van der Waals surface area contributed by atoms with Gasteiger partial charge in [-0.1, -0.05) is 12.1 Å². The van der Waals surface area contributed by atoms with Crippen LogP contribution in [0, 0.1) is 6.92 Å². The number of dihydropyridines is 1. The van der Waals surface area contributed by atoms with Crippen molar-refractivity contribution in [3.8, 4) is 11.1 Å². The molecule has 0 bridgehead atoms. The third-order valence-corrected chi connectivity index (χ3v) is 9.93.